The average molecular weight is 372 g/mol. The third-order valence-electron chi connectivity index (χ3n) is 4.32. The summed E-state index contributed by atoms with van der Waals surface area (Å²) >= 11 is 0. The zero-order valence-electron chi connectivity index (χ0n) is 12.3. The number of aliphatic hydroxyl groups is 1. The van der Waals surface area contributed by atoms with Crippen LogP contribution in [0.4, 0.5) is 22.0 Å². The van der Waals surface area contributed by atoms with E-state index in [0.717, 1.165) is 12.1 Å². The topological polar surface area (TPSA) is 63.6 Å². The molecule has 24 heavy (non-hydrogen) atoms. The van der Waals surface area contributed by atoms with Crippen LogP contribution in [-0.2, 0) is 9.84 Å². The highest BCUT2D eigenvalue weighted by atomic mass is 32.2. The molecular formula is C14H13F5O4S. The number of halogens is 5. The van der Waals surface area contributed by atoms with Crippen LogP contribution in [0.1, 0.15) is 36.2 Å². The molecule has 10 heteroatoms. The SMILES string of the molecule is CS(=O)(=O)c1ccc(OC2CCC2(F)F)c2c1[C@H](O)C(F)(F)[C@@H]2F. The summed E-state index contributed by atoms with van der Waals surface area (Å²) in [5.74, 6) is -8.07. The van der Waals surface area contributed by atoms with E-state index in [1.165, 1.54) is 0 Å². The lowest BCUT2D eigenvalue weighted by Gasteiger charge is -2.36. The minimum atomic E-state index is -4.29. The molecule has 0 spiro atoms. The minimum absolute atomic E-state index is 0.0501. The predicted molar refractivity (Wildman–Crippen MR) is 71.9 cm³/mol. The normalized spacial score (nSPS) is 30.5. The number of aliphatic hydroxyl groups excluding tert-OH is 1. The van der Waals surface area contributed by atoms with Crippen LogP contribution in [-0.4, -0.2) is 37.7 Å². The second-order valence-electron chi connectivity index (χ2n) is 6.01. The molecule has 2 aliphatic carbocycles. The second-order valence-corrected chi connectivity index (χ2v) is 7.99. The molecule has 3 rings (SSSR count). The van der Waals surface area contributed by atoms with Gasteiger partial charge in [-0.15, -0.1) is 0 Å². The molecule has 1 fully saturated rings. The lowest BCUT2D eigenvalue weighted by molar-refractivity contribution is -0.165. The average Bonchev–Trinajstić information content (AvgIpc) is 2.64. The van der Waals surface area contributed by atoms with Crippen LogP contribution >= 0.6 is 0 Å². The fourth-order valence-corrected chi connectivity index (χ4v) is 3.80. The van der Waals surface area contributed by atoms with Crippen molar-refractivity contribution in [2.75, 3.05) is 6.26 Å². The first kappa shape index (κ1) is 17.4. The molecular weight excluding hydrogens is 359 g/mol. The van der Waals surface area contributed by atoms with Crippen LogP contribution in [0.25, 0.3) is 0 Å². The van der Waals surface area contributed by atoms with Gasteiger partial charge in [-0.25, -0.2) is 21.6 Å². The van der Waals surface area contributed by atoms with Crippen molar-refractivity contribution in [3.63, 3.8) is 0 Å². The van der Waals surface area contributed by atoms with Gasteiger partial charge in [0, 0.05) is 23.8 Å². The first-order chi connectivity index (χ1) is 10.9. The van der Waals surface area contributed by atoms with E-state index in [-0.39, 0.29) is 6.42 Å². The first-order valence-electron chi connectivity index (χ1n) is 6.98. The molecule has 0 saturated heterocycles. The van der Waals surface area contributed by atoms with Gasteiger partial charge in [0.15, 0.2) is 22.1 Å². The Labute approximate surface area is 134 Å². The zero-order chi connectivity index (χ0) is 18.1. The summed E-state index contributed by atoms with van der Waals surface area (Å²) in [5, 5.41) is 9.70. The number of rotatable bonds is 3. The van der Waals surface area contributed by atoms with E-state index < -0.39 is 68.3 Å². The first-order valence-corrected chi connectivity index (χ1v) is 8.88. The van der Waals surface area contributed by atoms with Crippen LogP contribution in [0.15, 0.2) is 17.0 Å². The summed E-state index contributed by atoms with van der Waals surface area (Å²) in [6.45, 7) is 0. The maximum absolute atomic E-state index is 14.2. The van der Waals surface area contributed by atoms with Crippen molar-refractivity contribution in [1.82, 2.24) is 0 Å². The van der Waals surface area contributed by atoms with Gasteiger partial charge in [0.2, 0.25) is 0 Å². The van der Waals surface area contributed by atoms with Crippen LogP contribution < -0.4 is 4.74 Å². The van der Waals surface area contributed by atoms with Crippen molar-refractivity contribution < 1.29 is 40.2 Å². The van der Waals surface area contributed by atoms with E-state index in [1.807, 2.05) is 0 Å². The van der Waals surface area contributed by atoms with Crippen molar-refractivity contribution in [2.24, 2.45) is 0 Å². The number of hydrogen-bond acceptors (Lipinski definition) is 4. The number of benzene rings is 1. The van der Waals surface area contributed by atoms with Gasteiger partial charge in [-0.3, -0.25) is 0 Å². The van der Waals surface area contributed by atoms with Crippen molar-refractivity contribution in [3.05, 3.63) is 23.3 Å². The molecule has 0 aliphatic heterocycles. The highest BCUT2D eigenvalue weighted by molar-refractivity contribution is 7.90. The van der Waals surface area contributed by atoms with E-state index in [4.69, 9.17) is 4.74 Å². The molecule has 4 nitrogen and oxygen atoms in total. The standard InChI is InChI=1S/C14H13F5O4S/c1-24(21,22)7-3-2-6(23-8-4-5-13(8,16)17)9-10(7)12(20)14(18,19)11(9)15/h2-3,8,11-12,20H,4-5H2,1H3/t8?,11-,12+/m1/s1. The summed E-state index contributed by atoms with van der Waals surface area (Å²) in [7, 11) is -4.06. The Hall–Kier alpha value is -1.42. The van der Waals surface area contributed by atoms with Crippen molar-refractivity contribution in [2.45, 2.75) is 48.0 Å². The van der Waals surface area contributed by atoms with E-state index in [9.17, 15) is 35.5 Å². The van der Waals surface area contributed by atoms with E-state index in [1.54, 1.807) is 0 Å². The van der Waals surface area contributed by atoms with Crippen molar-refractivity contribution in [1.29, 1.82) is 0 Å². The Balaban J connectivity index is 2.15. The zero-order valence-corrected chi connectivity index (χ0v) is 13.1. The van der Waals surface area contributed by atoms with Crippen LogP contribution in [0.3, 0.4) is 0 Å². The van der Waals surface area contributed by atoms with E-state index >= 15 is 0 Å². The molecule has 3 atom stereocenters. The summed E-state index contributed by atoms with van der Waals surface area (Å²) in [6, 6.07) is 1.71. The molecule has 1 N–H and O–H groups in total. The Morgan fingerprint density at radius 2 is 1.83 bits per heavy atom. The monoisotopic (exact) mass is 372 g/mol. The molecule has 0 aromatic heterocycles. The number of alkyl halides is 5. The maximum Gasteiger partial charge on any atom is 0.312 e. The third kappa shape index (κ3) is 2.38. The molecule has 0 heterocycles. The highest BCUT2D eigenvalue weighted by Crippen LogP contribution is 2.57. The lowest BCUT2D eigenvalue weighted by atomic mass is 9.90. The molecule has 1 aromatic carbocycles. The largest absolute Gasteiger partial charge is 0.484 e. The smallest absolute Gasteiger partial charge is 0.312 e. The molecule has 0 amide bonds. The molecule has 0 bridgehead atoms. The molecule has 1 aromatic rings. The lowest BCUT2D eigenvalue weighted by Crippen LogP contribution is -2.47. The van der Waals surface area contributed by atoms with Gasteiger partial charge in [-0.2, -0.15) is 8.78 Å². The Kier molecular flexibility index (Phi) is 3.66. The second kappa shape index (κ2) is 5.04. The van der Waals surface area contributed by atoms with Crippen molar-refractivity contribution in [3.8, 4) is 5.75 Å². The number of hydrogen-bond donors (Lipinski definition) is 1. The summed E-state index contributed by atoms with van der Waals surface area (Å²) < 4.78 is 96.9. The number of ether oxygens (including phenoxy) is 1. The molecule has 2 aliphatic rings. The molecule has 1 saturated carbocycles. The fraction of sp³-hybridized carbons (Fsp3) is 0.571. The van der Waals surface area contributed by atoms with Crippen LogP contribution in [0.2, 0.25) is 0 Å². The summed E-state index contributed by atoms with van der Waals surface area (Å²) in [5.41, 5.74) is -1.73. The van der Waals surface area contributed by atoms with Crippen LogP contribution in [0.5, 0.6) is 5.75 Å². The Bertz CT molecular complexity index is 793. The van der Waals surface area contributed by atoms with Crippen molar-refractivity contribution >= 4 is 9.84 Å². The number of sulfone groups is 1. The fourth-order valence-electron chi connectivity index (χ4n) is 2.87. The molecule has 0 radical (unpaired) electrons. The Morgan fingerprint density at radius 3 is 2.29 bits per heavy atom. The van der Waals surface area contributed by atoms with Gasteiger partial charge in [0.05, 0.1) is 4.90 Å². The third-order valence-corrected chi connectivity index (χ3v) is 5.47. The van der Waals surface area contributed by atoms with E-state index in [0.29, 0.717) is 6.26 Å². The minimum Gasteiger partial charge on any atom is -0.484 e. The van der Waals surface area contributed by atoms with Gasteiger partial charge in [-0.05, 0) is 18.6 Å². The highest BCUT2D eigenvalue weighted by Gasteiger charge is 2.59. The van der Waals surface area contributed by atoms with Gasteiger partial charge in [0.25, 0.3) is 5.92 Å². The number of fused-ring (bicyclic) bond motifs is 1. The summed E-state index contributed by atoms with van der Waals surface area (Å²) in [4.78, 5) is -0.683. The van der Waals surface area contributed by atoms with Crippen LogP contribution in [0, 0.1) is 0 Å². The van der Waals surface area contributed by atoms with Gasteiger partial charge in [-0.1, -0.05) is 0 Å². The van der Waals surface area contributed by atoms with Gasteiger partial charge >= 0.3 is 5.92 Å². The quantitative estimate of drug-likeness (QED) is 0.829. The molecule has 1 unspecified atom stereocenters. The molecule has 134 valence electrons. The van der Waals surface area contributed by atoms with Gasteiger partial charge < -0.3 is 9.84 Å². The van der Waals surface area contributed by atoms with E-state index in [2.05, 4.69) is 0 Å². The summed E-state index contributed by atoms with van der Waals surface area (Å²) in [6.07, 6.45) is -7.17. The Morgan fingerprint density at radius 1 is 1.21 bits per heavy atom. The maximum atomic E-state index is 14.2. The van der Waals surface area contributed by atoms with Gasteiger partial charge in [0.1, 0.15) is 11.9 Å². The predicted octanol–water partition coefficient (Wildman–Crippen LogP) is 2.96.